The zero-order chi connectivity index (χ0) is 14.5. The van der Waals surface area contributed by atoms with Gasteiger partial charge in [-0.3, -0.25) is 0 Å². The molecule has 1 aliphatic heterocycles. The number of hydrogen-bond donors (Lipinski definition) is 1. The number of nitrogens with zero attached hydrogens (tertiary/aromatic N) is 1. The van der Waals surface area contributed by atoms with Crippen molar-refractivity contribution < 1.29 is 0 Å². The van der Waals surface area contributed by atoms with E-state index in [2.05, 4.69) is 67.9 Å². The van der Waals surface area contributed by atoms with E-state index in [1.807, 2.05) is 0 Å². The van der Waals surface area contributed by atoms with Crippen molar-refractivity contribution >= 4 is 17.4 Å². The number of anilines is 1. The zero-order valence-corrected chi connectivity index (χ0v) is 14.1. The van der Waals surface area contributed by atoms with Crippen LogP contribution in [0.5, 0.6) is 0 Å². The van der Waals surface area contributed by atoms with Gasteiger partial charge >= 0.3 is 0 Å². The van der Waals surface area contributed by atoms with Crippen molar-refractivity contribution in [1.82, 2.24) is 5.32 Å². The van der Waals surface area contributed by atoms with E-state index < -0.39 is 0 Å². The third-order valence-electron chi connectivity index (χ3n) is 3.87. The first-order valence-corrected chi connectivity index (χ1v) is 8.84. The molecule has 0 amide bonds. The Labute approximate surface area is 128 Å². The van der Waals surface area contributed by atoms with Crippen LogP contribution < -0.4 is 10.2 Å². The number of nitrogens with one attached hydrogen (secondary N) is 1. The van der Waals surface area contributed by atoms with E-state index in [0.717, 1.165) is 11.8 Å². The molecule has 3 heteroatoms. The highest BCUT2D eigenvalue weighted by Crippen LogP contribution is 2.29. The van der Waals surface area contributed by atoms with E-state index in [0.29, 0.717) is 6.04 Å². The molecule has 0 saturated carbocycles. The summed E-state index contributed by atoms with van der Waals surface area (Å²) in [4.78, 5) is 2.58. The van der Waals surface area contributed by atoms with Crippen LogP contribution in [0.4, 0.5) is 5.69 Å². The van der Waals surface area contributed by atoms with Crippen molar-refractivity contribution in [3.8, 4) is 0 Å². The maximum atomic E-state index is 3.56. The van der Waals surface area contributed by atoms with Gasteiger partial charge in [-0.2, -0.15) is 11.8 Å². The van der Waals surface area contributed by atoms with E-state index in [1.54, 1.807) is 0 Å². The molecule has 1 atom stereocenters. The SMILES string of the molecule is CCC1CN(c2ccc(C)cc2CNC(C)C)CCS1. The molecule has 112 valence electrons. The summed E-state index contributed by atoms with van der Waals surface area (Å²) in [6.45, 7) is 12.2. The van der Waals surface area contributed by atoms with Crippen LogP contribution in [0.1, 0.15) is 38.3 Å². The molecule has 0 spiro atoms. The van der Waals surface area contributed by atoms with Crippen LogP contribution >= 0.6 is 11.8 Å². The van der Waals surface area contributed by atoms with E-state index in [4.69, 9.17) is 0 Å². The predicted octanol–water partition coefficient (Wildman–Crippen LogP) is 3.82. The van der Waals surface area contributed by atoms with Gasteiger partial charge in [0, 0.05) is 42.4 Å². The Bertz CT molecular complexity index is 431. The molecule has 0 bridgehead atoms. The van der Waals surface area contributed by atoms with Crippen LogP contribution in [0.25, 0.3) is 0 Å². The lowest BCUT2D eigenvalue weighted by Crippen LogP contribution is -2.38. The molecule has 1 N–H and O–H groups in total. The second-order valence-corrected chi connectivity index (χ2v) is 7.42. The van der Waals surface area contributed by atoms with Gasteiger partial charge < -0.3 is 10.2 Å². The fraction of sp³-hybridized carbons (Fsp3) is 0.647. The number of rotatable bonds is 5. The summed E-state index contributed by atoms with van der Waals surface area (Å²) in [6.07, 6.45) is 1.27. The average molecular weight is 292 g/mol. The number of benzene rings is 1. The van der Waals surface area contributed by atoms with Crippen LogP contribution in [0.3, 0.4) is 0 Å². The first-order chi connectivity index (χ1) is 9.60. The number of hydrogen-bond acceptors (Lipinski definition) is 3. The molecule has 0 radical (unpaired) electrons. The zero-order valence-electron chi connectivity index (χ0n) is 13.3. The second-order valence-electron chi connectivity index (χ2n) is 6.01. The van der Waals surface area contributed by atoms with Gasteiger partial charge in [0.2, 0.25) is 0 Å². The largest absolute Gasteiger partial charge is 0.369 e. The molecular formula is C17H28N2S. The van der Waals surface area contributed by atoms with Crippen molar-refractivity contribution in [2.75, 3.05) is 23.7 Å². The van der Waals surface area contributed by atoms with Gasteiger partial charge in [-0.1, -0.05) is 38.5 Å². The molecule has 20 heavy (non-hydrogen) atoms. The van der Waals surface area contributed by atoms with Crippen LogP contribution in [0, 0.1) is 6.92 Å². The predicted molar refractivity (Wildman–Crippen MR) is 91.9 cm³/mol. The summed E-state index contributed by atoms with van der Waals surface area (Å²) in [7, 11) is 0. The van der Waals surface area contributed by atoms with E-state index >= 15 is 0 Å². The average Bonchev–Trinajstić information content (AvgIpc) is 2.45. The summed E-state index contributed by atoms with van der Waals surface area (Å²) < 4.78 is 0. The summed E-state index contributed by atoms with van der Waals surface area (Å²) >= 11 is 2.13. The maximum Gasteiger partial charge on any atom is 0.0412 e. The molecule has 1 fully saturated rings. The molecule has 0 aromatic heterocycles. The van der Waals surface area contributed by atoms with Gasteiger partial charge in [-0.05, 0) is 25.0 Å². The Morgan fingerprint density at radius 2 is 2.20 bits per heavy atom. The smallest absolute Gasteiger partial charge is 0.0412 e. The summed E-state index contributed by atoms with van der Waals surface area (Å²) in [6, 6.07) is 7.43. The van der Waals surface area contributed by atoms with E-state index in [9.17, 15) is 0 Å². The highest BCUT2D eigenvalue weighted by Gasteiger charge is 2.21. The van der Waals surface area contributed by atoms with Crippen LogP contribution in [0.15, 0.2) is 18.2 Å². The molecule has 2 nitrogen and oxygen atoms in total. The Morgan fingerprint density at radius 1 is 1.40 bits per heavy atom. The Morgan fingerprint density at radius 3 is 2.90 bits per heavy atom. The molecule has 1 saturated heterocycles. The Balaban J connectivity index is 2.16. The summed E-state index contributed by atoms with van der Waals surface area (Å²) in [5, 5.41) is 4.35. The lowest BCUT2D eigenvalue weighted by molar-refractivity contribution is 0.587. The molecule has 0 aliphatic carbocycles. The van der Waals surface area contributed by atoms with Gasteiger partial charge in [0.1, 0.15) is 0 Å². The van der Waals surface area contributed by atoms with Gasteiger partial charge in [-0.25, -0.2) is 0 Å². The molecular weight excluding hydrogens is 264 g/mol. The quantitative estimate of drug-likeness (QED) is 0.888. The monoisotopic (exact) mass is 292 g/mol. The van der Waals surface area contributed by atoms with E-state index in [1.165, 1.54) is 42.1 Å². The van der Waals surface area contributed by atoms with Crippen molar-refractivity contribution in [2.24, 2.45) is 0 Å². The number of aryl methyl sites for hydroxylation is 1. The minimum Gasteiger partial charge on any atom is -0.369 e. The minimum atomic E-state index is 0.531. The second kappa shape index (κ2) is 7.37. The Kier molecular flexibility index (Phi) is 5.79. The molecule has 1 aliphatic rings. The van der Waals surface area contributed by atoms with Gasteiger partial charge in [0.25, 0.3) is 0 Å². The lowest BCUT2D eigenvalue weighted by atomic mass is 10.1. The summed E-state index contributed by atoms with van der Waals surface area (Å²) in [5.74, 6) is 1.25. The van der Waals surface area contributed by atoms with Crippen LogP contribution in [-0.4, -0.2) is 30.1 Å². The Hall–Kier alpha value is -0.670. The fourth-order valence-electron chi connectivity index (χ4n) is 2.66. The molecule has 1 unspecified atom stereocenters. The van der Waals surface area contributed by atoms with Gasteiger partial charge in [0.15, 0.2) is 0 Å². The molecule has 1 heterocycles. The van der Waals surface area contributed by atoms with Crippen molar-refractivity contribution in [1.29, 1.82) is 0 Å². The van der Waals surface area contributed by atoms with Crippen molar-refractivity contribution in [3.63, 3.8) is 0 Å². The van der Waals surface area contributed by atoms with Crippen molar-refractivity contribution in [2.45, 2.75) is 52.0 Å². The highest BCUT2D eigenvalue weighted by atomic mass is 32.2. The molecule has 1 aromatic carbocycles. The van der Waals surface area contributed by atoms with Gasteiger partial charge in [-0.15, -0.1) is 0 Å². The third-order valence-corrected chi connectivity index (χ3v) is 5.24. The highest BCUT2D eigenvalue weighted by molar-refractivity contribution is 8.00. The van der Waals surface area contributed by atoms with Gasteiger partial charge in [0.05, 0.1) is 0 Å². The maximum absolute atomic E-state index is 3.56. The minimum absolute atomic E-state index is 0.531. The molecule has 1 aromatic rings. The number of thioether (sulfide) groups is 1. The lowest BCUT2D eigenvalue weighted by Gasteiger charge is -2.35. The fourth-order valence-corrected chi connectivity index (χ4v) is 3.84. The normalized spacial score (nSPS) is 19.6. The first kappa shape index (κ1) is 15.7. The topological polar surface area (TPSA) is 15.3 Å². The first-order valence-electron chi connectivity index (χ1n) is 7.79. The van der Waals surface area contributed by atoms with E-state index in [-0.39, 0.29) is 0 Å². The van der Waals surface area contributed by atoms with Crippen LogP contribution in [0.2, 0.25) is 0 Å². The standard InChI is InChI=1S/C17H28N2S/c1-5-16-12-19(8-9-20-16)17-7-6-14(4)10-15(17)11-18-13(2)3/h6-7,10,13,16,18H,5,8-9,11-12H2,1-4H3. The molecule has 2 rings (SSSR count). The van der Waals surface area contributed by atoms with Crippen LogP contribution in [-0.2, 0) is 6.54 Å². The van der Waals surface area contributed by atoms with Crippen molar-refractivity contribution in [3.05, 3.63) is 29.3 Å². The summed E-state index contributed by atoms with van der Waals surface area (Å²) in [5.41, 5.74) is 4.23. The third kappa shape index (κ3) is 4.16.